The van der Waals surface area contributed by atoms with Crippen LogP contribution >= 0.6 is 0 Å². The van der Waals surface area contributed by atoms with Crippen LogP contribution in [0.2, 0.25) is 0 Å². The number of nitrogens with two attached hydrogens (primary N) is 1. The molecule has 2 aliphatic rings. The number of aliphatic hydroxyl groups excluding tert-OH is 1. The molecule has 0 aromatic rings. The number of aliphatic carboxylic acids is 1. The van der Waals surface area contributed by atoms with Gasteiger partial charge in [0.25, 0.3) is 0 Å². The van der Waals surface area contributed by atoms with Crippen molar-refractivity contribution < 1.29 is 15.0 Å². The highest BCUT2D eigenvalue weighted by Crippen LogP contribution is 2.46. The Bertz CT molecular complexity index is 368. The van der Waals surface area contributed by atoms with E-state index in [9.17, 15) is 15.0 Å². The summed E-state index contributed by atoms with van der Waals surface area (Å²) < 4.78 is 0. The molecule has 2 aliphatic carbocycles. The lowest BCUT2D eigenvalue weighted by Gasteiger charge is -2.36. The first kappa shape index (κ1) is 14.5. The molecule has 2 bridgehead atoms. The molecular weight excluding hydrogens is 242 g/mol. The van der Waals surface area contributed by atoms with Crippen LogP contribution in [0.15, 0.2) is 12.2 Å². The van der Waals surface area contributed by atoms with E-state index in [-0.39, 0.29) is 5.92 Å². The van der Waals surface area contributed by atoms with Gasteiger partial charge in [-0.3, -0.25) is 4.79 Å². The molecule has 1 saturated carbocycles. The Balaban J connectivity index is 2.05. The minimum Gasteiger partial charge on any atom is -0.480 e. The Labute approximate surface area is 114 Å². The fourth-order valence-corrected chi connectivity index (χ4v) is 3.62. The summed E-state index contributed by atoms with van der Waals surface area (Å²) in [6.07, 6.45) is 8.37. The quantitative estimate of drug-likeness (QED) is 0.486. The van der Waals surface area contributed by atoms with Crippen molar-refractivity contribution in [2.45, 2.75) is 57.1 Å². The molecule has 0 heterocycles. The third-order valence-electron chi connectivity index (χ3n) is 4.86. The van der Waals surface area contributed by atoms with Crippen LogP contribution in [-0.2, 0) is 4.79 Å². The van der Waals surface area contributed by atoms with E-state index in [1.54, 1.807) is 0 Å². The molecule has 1 fully saturated rings. The average Bonchev–Trinajstić information content (AvgIpc) is 2.99. The summed E-state index contributed by atoms with van der Waals surface area (Å²) in [6.45, 7) is 2.07. The number of carboxylic acid groups (broad SMARTS) is 1. The Hall–Kier alpha value is -0.870. The molecule has 108 valence electrons. The highest BCUT2D eigenvalue weighted by molar-refractivity contribution is 5.79. The van der Waals surface area contributed by atoms with E-state index in [2.05, 4.69) is 19.1 Å². The first-order valence-electron chi connectivity index (χ1n) is 7.37. The standard InChI is InChI=1S/C15H25NO3/c1-2-3-4-7-15(16,14(18)19)13(17)12-9-10-5-6-11(12)8-10/h5-6,10-13,17H,2-4,7-9,16H2,1H3,(H,18,19)/t10?,11?,12?,13-,15+/m0/s1. The lowest BCUT2D eigenvalue weighted by atomic mass is 9.76. The molecule has 4 nitrogen and oxygen atoms in total. The van der Waals surface area contributed by atoms with E-state index < -0.39 is 17.6 Å². The molecular formula is C15H25NO3. The maximum absolute atomic E-state index is 11.5. The van der Waals surface area contributed by atoms with Gasteiger partial charge in [-0.25, -0.2) is 0 Å². The minimum absolute atomic E-state index is 0.0118. The molecule has 0 radical (unpaired) electrons. The highest BCUT2D eigenvalue weighted by atomic mass is 16.4. The van der Waals surface area contributed by atoms with Crippen LogP contribution < -0.4 is 5.73 Å². The largest absolute Gasteiger partial charge is 0.480 e. The Kier molecular flexibility index (Phi) is 4.31. The molecule has 0 saturated heterocycles. The van der Waals surface area contributed by atoms with Crippen molar-refractivity contribution in [2.24, 2.45) is 23.5 Å². The van der Waals surface area contributed by atoms with Crippen molar-refractivity contribution in [1.82, 2.24) is 0 Å². The summed E-state index contributed by atoms with van der Waals surface area (Å²) in [5.74, 6) is -0.229. The average molecular weight is 267 g/mol. The SMILES string of the molecule is CCCCC[C@](N)(C(=O)O)[C@@H](O)C1CC2C=CC1C2. The summed E-state index contributed by atoms with van der Waals surface area (Å²) in [7, 11) is 0. The molecule has 0 aliphatic heterocycles. The molecule has 0 aromatic heterocycles. The van der Waals surface area contributed by atoms with Gasteiger partial charge in [-0.05, 0) is 37.0 Å². The smallest absolute Gasteiger partial charge is 0.326 e. The first-order valence-corrected chi connectivity index (χ1v) is 7.37. The first-order chi connectivity index (χ1) is 8.99. The minimum atomic E-state index is -1.49. The second-order valence-corrected chi connectivity index (χ2v) is 6.19. The summed E-state index contributed by atoms with van der Waals surface area (Å²) in [5, 5.41) is 19.9. The molecule has 4 N–H and O–H groups in total. The van der Waals surface area contributed by atoms with Gasteiger partial charge in [0, 0.05) is 0 Å². The molecule has 0 aromatic carbocycles. The zero-order valence-electron chi connectivity index (χ0n) is 11.6. The molecule has 5 atom stereocenters. The van der Waals surface area contributed by atoms with Crippen LogP contribution in [-0.4, -0.2) is 27.8 Å². The number of unbranched alkanes of at least 4 members (excludes halogenated alkanes) is 2. The van der Waals surface area contributed by atoms with Gasteiger partial charge in [0.1, 0.15) is 5.54 Å². The lowest BCUT2D eigenvalue weighted by molar-refractivity contribution is -0.150. The summed E-state index contributed by atoms with van der Waals surface area (Å²) in [5.41, 5.74) is 4.58. The molecule has 2 rings (SSSR count). The Morgan fingerprint density at radius 3 is 2.63 bits per heavy atom. The number of allylic oxidation sites excluding steroid dienone is 2. The third kappa shape index (κ3) is 2.70. The fourth-order valence-electron chi connectivity index (χ4n) is 3.62. The van der Waals surface area contributed by atoms with Crippen LogP contribution in [0.1, 0.15) is 45.4 Å². The zero-order valence-corrected chi connectivity index (χ0v) is 11.6. The van der Waals surface area contributed by atoms with Gasteiger partial charge in [-0.2, -0.15) is 0 Å². The van der Waals surface area contributed by atoms with E-state index in [1.807, 2.05) is 0 Å². The van der Waals surface area contributed by atoms with Crippen LogP contribution in [0.3, 0.4) is 0 Å². The number of rotatable bonds is 7. The Morgan fingerprint density at radius 1 is 1.42 bits per heavy atom. The van der Waals surface area contributed by atoms with E-state index in [0.29, 0.717) is 18.3 Å². The van der Waals surface area contributed by atoms with Crippen molar-refractivity contribution in [2.75, 3.05) is 0 Å². The molecule has 19 heavy (non-hydrogen) atoms. The topological polar surface area (TPSA) is 83.6 Å². The zero-order chi connectivity index (χ0) is 14.0. The summed E-state index contributed by atoms with van der Waals surface area (Å²) in [4.78, 5) is 11.5. The Morgan fingerprint density at radius 2 is 2.16 bits per heavy atom. The molecule has 4 heteroatoms. The molecule has 3 unspecified atom stereocenters. The van der Waals surface area contributed by atoms with E-state index in [4.69, 9.17) is 5.73 Å². The van der Waals surface area contributed by atoms with Crippen LogP contribution in [0.5, 0.6) is 0 Å². The number of hydrogen-bond donors (Lipinski definition) is 3. The van der Waals surface area contributed by atoms with Crippen LogP contribution in [0, 0.1) is 17.8 Å². The number of fused-ring (bicyclic) bond motifs is 2. The number of hydrogen-bond acceptors (Lipinski definition) is 3. The number of carboxylic acids is 1. The number of aliphatic hydroxyl groups is 1. The second-order valence-electron chi connectivity index (χ2n) is 6.19. The van der Waals surface area contributed by atoms with Crippen molar-refractivity contribution in [3.05, 3.63) is 12.2 Å². The molecule has 0 spiro atoms. The predicted octanol–water partition coefficient (Wildman–Crippen LogP) is 1.92. The normalized spacial score (nSPS) is 33.3. The summed E-state index contributed by atoms with van der Waals surface area (Å²) >= 11 is 0. The van der Waals surface area contributed by atoms with E-state index in [1.165, 1.54) is 0 Å². The van der Waals surface area contributed by atoms with Crippen LogP contribution in [0.25, 0.3) is 0 Å². The van der Waals surface area contributed by atoms with Gasteiger partial charge in [0.05, 0.1) is 6.10 Å². The molecule has 0 amide bonds. The van der Waals surface area contributed by atoms with Crippen molar-refractivity contribution in [1.29, 1.82) is 0 Å². The van der Waals surface area contributed by atoms with Gasteiger partial charge >= 0.3 is 5.97 Å². The monoisotopic (exact) mass is 267 g/mol. The van der Waals surface area contributed by atoms with Crippen molar-refractivity contribution in [3.8, 4) is 0 Å². The fraction of sp³-hybridized carbons (Fsp3) is 0.800. The highest BCUT2D eigenvalue weighted by Gasteiger charge is 2.50. The van der Waals surface area contributed by atoms with E-state index >= 15 is 0 Å². The second kappa shape index (κ2) is 5.63. The van der Waals surface area contributed by atoms with Crippen molar-refractivity contribution in [3.63, 3.8) is 0 Å². The maximum Gasteiger partial charge on any atom is 0.326 e. The lowest BCUT2D eigenvalue weighted by Crippen LogP contribution is -2.60. The van der Waals surface area contributed by atoms with E-state index in [0.717, 1.165) is 32.1 Å². The predicted molar refractivity (Wildman–Crippen MR) is 73.5 cm³/mol. The van der Waals surface area contributed by atoms with Gasteiger partial charge in [0.2, 0.25) is 0 Å². The van der Waals surface area contributed by atoms with Gasteiger partial charge in [0.15, 0.2) is 0 Å². The summed E-state index contributed by atoms with van der Waals surface area (Å²) in [6, 6.07) is 0. The van der Waals surface area contributed by atoms with Gasteiger partial charge in [-0.1, -0.05) is 38.3 Å². The van der Waals surface area contributed by atoms with Gasteiger partial charge < -0.3 is 15.9 Å². The third-order valence-corrected chi connectivity index (χ3v) is 4.86. The number of carbonyl (C=O) groups is 1. The van der Waals surface area contributed by atoms with Gasteiger partial charge in [-0.15, -0.1) is 0 Å². The van der Waals surface area contributed by atoms with Crippen molar-refractivity contribution >= 4 is 5.97 Å². The maximum atomic E-state index is 11.5. The van der Waals surface area contributed by atoms with Crippen LogP contribution in [0.4, 0.5) is 0 Å².